The molecule has 3 nitrogen and oxygen atoms in total. The Hall–Kier alpha value is -0.800. The van der Waals surface area contributed by atoms with Crippen LogP contribution in [0, 0.1) is 6.92 Å². The van der Waals surface area contributed by atoms with Gasteiger partial charge < -0.3 is 15.0 Å². The zero-order chi connectivity index (χ0) is 12.7. The van der Waals surface area contributed by atoms with Crippen molar-refractivity contribution in [3.05, 3.63) is 23.0 Å². The highest BCUT2D eigenvalue weighted by Gasteiger charge is 2.28. The van der Waals surface area contributed by atoms with Crippen molar-refractivity contribution in [3.63, 3.8) is 0 Å². The maximum Gasteiger partial charge on any atom is 0.0566 e. The summed E-state index contributed by atoms with van der Waals surface area (Å²) in [5.41, 5.74) is 10.5. The molecule has 0 aromatic carbocycles. The third-order valence-corrected chi connectivity index (χ3v) is 4.52. The van der Waals surface area contributed by atoms with Gasteiger partial charge in [-0.05, 0) is 57.6 Å². The second-order valence-electron chi connectivity index (χ2n) is 5.92. The molecule has 1 aromatic heterocycles. The van der Waals surface area contributed by atoms with E-state index in [2.05, 4.69) is 24.5 Å². The molecule has 0 radical (unpaired) electrons. The molecule has 1 fully saturated rings. The molecule has 2 N–H and O–H groups in total. The number of hydrogen-bond donors (Lipinski definition) is 1. The standard InChI is InChI=1S/C15H24N2O/c1-10-8-13-14(16)4-3-5-15(13)17(10)12-6-7-18-11(2)9-12/h8,11-12,14H,3-7,9,16H2,1-2H3. The Morgan fingerprint density at radius 3 is 3.00 bits per heavy atom. The van der Waals surface area contributed by atoms with E-state index < -0.39 is 0 Å². The van der Waals surface area contributed by atoms with Crippen LogP contribution in [0.2, 0.25) is 0 Å². The first kappa shape index (κ1) is 12.2. The monoisotopic (exact) mass is 248 g/mol. The maximum absolute atomic E-state index is 6.25. The molecule has 1 saturated heterocycles. The van der Waals surface area contributed by atoms with Gasteiger partial charge in [-0.1, -0.05) is 0 Å². The molecule has 1 aliphatic carbocycles. The van der Waals surface area contributed by atoms with Gasteiger partial charge in [0.05, 0.1) is 6.10 Å². The highest BCUT2D eigenvalue weighted by Crippen LogP contribution is 2.36. The Morgan fingerprint density at radius 1 is 1.39 bits per heavy atom. The molecule has 0 saturated carbocycles. The van der Waals surface area contributed by atoms with Crippen LogP contribution in [0.5, 0.6) is 0 Å². The third kappa shape index (κ3) is 1.99. The molecule has 2 aliphatic rings. The van der Waals surface area contributed by atoms with Crippen LogP contribution in [0.15, 0.2) is 6.07 Å². The number of hydrogen-bond acceptors (Lipinski definition) is 2. The average Bonchev–Trinajstić information content (AvgIpc) is 2.67. The van der Waals surface area contributed by atoms with Crippen LogP contribution in [-0.2, 0) is 11.2 Å². The minimum atomic E-state index is 0.256. The molecule has 100 valence electrons. The van der Waals surface area contributed by atoms with E-state index in [1.165, 1.54) is 29.8 Å². The van der Waals surface area contributed by atoms with E-state index >= 15 is 0 Å². The predicted molar refractivity (Wildman–Crippen MR) is 72.7 cm³/mol. The summed E-state index contributed by atoms with van der Waals surface area (Å²) in [5, 5.41) is 0. The molecular formula is C15H24N2O. The smallest absolute Gasteiger partial charge is 0.0566 e. The zero-order valence-corrected chi connectivity index (χ0v) is 11.5. The van der Waals surface area contributed by atoms with Crippen LogP contribution in [-0.4, -0.2) is 17.3 Å². The summed E-state index contributed by atoms with van der Waals surface area (Å²) < 4.78 is 8.24. The molecule has 3 atom stereocenters. The summed E-state index contributed by atoms with van der Waals surface area (Å²) in [4.78, 5) is 0. The summed E-state index contributed by atoms with van der Waals surface area (Å²) in [5.74, 6) is 0. The Balaban J connectivity index is 1.96. The van der Waals surface area contributed by atoms with Crippen molar-refractivity contribution in [1.29, 1.82) is 0 Å². The van der Waals surface area contributed by atoms with Crippen molar-refractivity contribution < 1.29 is 4.74 Å². The number of aromatic nitrogens is 1. The fourth-order valence-corrected chi connectivity index (χ4v) is 3.68. The van der Waals surface area contributed by atoms with E-state index in [1.807, 2.05) is 0 Å². The molecular weight excluding hydrogens is 224 g/mol. The van der Waals surface area contributed by atoms with Crippen LogP contribution in [0.4, 0.5) is 0 Å². The first-order valence-electron chi connectivity index (χ1n) is 7.24. The Morgan fingerprint density at radius 2 is 2.22 bits per heavy atom. The SMILES string of the molecule is Cc1cc2c(n1C1CCOC(C)C1)CCCC2N. The quantitative estimate of drug-likeness (QED) is 0.830. The largest absolute Gasteiger partial charge is 0.378 e. The van der Waals surface area contributed by atoms with E-state index in [-0.39, 0.29) is 6.04 Å². The number of nitrogens with two attached hydrogens (primary N) is 1. The molecule has 0 amide bonds. The predicted octanol–water partition coefficient (Wildman–Crippen LogP) is 2.87. The van der Waals surface area contributed by atoms with Gasteiger partial charge >= 0.3 is 0 Å². The van der Waals surface area contributed by atoms with Crippen LogP contribution in [0.25, 0.3) is 0 Å². The van der Waals surface area contributed by atoms with Gasteiger partial charge in [-0.3, -0.25) is 0 Å². The summed E-state index contributed by atoms with van der Waals surface area (Å²) in [6.45, 7) is 5.30. The Labute approximate surface area is 109 Å². The van der Waals surface area contributed by atoms with Gasteiger partial charge in [0, 0.05) is 30.1 Å². The average molecular weight is 248 g/mol. The lowest BCUT2D eigenvalue weighted by atomic mass is 9.93. The summed E-state index contributed by atoms with van der Waals surface area (Å²) in [7, 11) is 0. The van der Waals surface area contributed by atoms with Crippen molar-refractivity contribution in [2.75, 3.05) is 6.61 Å². The molecule has 3 rings (SSSR count). The van der Waals surface area contributed by atoms with Crippen molar-refractivity contribution in [1.82, 2.24) is 4.57 Å². The van der Waals surface area contributed by atoms with E-state index in [4.69, 9.17) is 10.5 Å². The normalized spacial score (nSPS) is 32.3. The van der Waals surface area contributed by atoms with E-state index in [0.29, 0.717) is 12.1 Å². The van der Waals surface area contributed by atoms with Gasteiger partial charge in [-0.2, -0.15) is 0 Å². The van der Waals surface area contributed by atoms with Gasteiger partial charge in [0.25, 0.3) is 0 Å². The number of fused-ring (bicyclic) bond motifs is 1. The van der Waals surface area contributed by atoms with Gasteiger partial charge in [-0.15, -0.1) is 0 Å². The van der Waals surface area contributed by atoms with Crippen molar-refractivity contribution >= 4 is 0 Å². The van der Waals surface area contributed by atoms with E-state index in [9.17, 15) is 0 Å². The van der Waals surface area contributed by atoms with Crippen molar-refractivity contribution in [2.45, 2.75) is 64.1 Å². The molecule has 18 heavy (non-hydrogen) atoms. The van der Waals surface area contributed by atoms with E-state index in [0.717, 1.165) is 25.9 Å². The number of aryl methyl sites for hydroxylation is 1. The maximum atomic E-state index is 6.25. The number of rotatable bonds is 1. The Kier molecular flexibility index (Phi) is 3.20. The van der Waals surface area contributed by atoms with Gasteiger partial charge in [0.15, 0.2) is 0 Å². The minimum Gasteiger partial charge on any atom is -0.378 e. The van der Waals surface area contributed by atoms with Crippen LogP contribution in [0.3, 0.4) is 0 Å². The second kappa shape index (κ2) is 4.71. The molecule has 0 bridgehead atoms. The lowest BCUT2D eigenvalue weighted by Crippen LogP contribution is -2.28. The molecule has 3 unspecified atom stereocenters. The minimum absolute atomic E-state index is 0.256. The van der Waals surface area contributed by atoms with Crippen LogP contribution >= 0.6 is 0 Å². The van der Waals surface area contributed by atoms with Crippen molar-refractivity contribution in [3.8, 4) is 0 Å². The molecule has 0 spiro atoms. The highest BCUT2D eigenvalue weighted by molar-refractivity contribution is 5.33. The summed E-state index contributed by atoms with van der Waals surface area (Å²) in [6.07, 6.45) is 6.23. The number of nitrogens with zero attached hydrogens (tertiary/aromatic N) is 1. The fraction of sp³-hybridized carbons (Fsp3) is 0.733. The summed E-state index contributed by atoms with van der Waals surface area (Å²) >= 11 is 0. The topological polar surface area (TPSA) is 40.2 Å². The Bertz CT molecular complexity index is 438. The van der Waals surface area contributed by atoms with Crippen molar-refractivity contribution in [2.24, 2.45) is 5.73 Å². The third-order valence-electron chi connectivity index (χ3n) is 4.52. The zero-order valence-electron chi connectivity index (χ0n) is 11.5. The molecule has 3 heteroatoms. The molecule has 1 aliphatic heterocycles. The fourth-order valence-electron chi connectivity index (χ4n) is 3.68. The molecule has 2 heterocycles. The van der Waals surface area contributed by atoms with Crippen LogP contribution < -0.4 is 5.73 Å². The lowest BCUT2D eigenvalue weighted by Gasteiger charge is -2.32. The molecule has 1 aromatic rings. The lowest BCUT2D eigenvalue weighted by molar-refractivity contribution is 0.00511. The van der Waals surface area contributed by atoms with Gasteiger partial charge in [-0.25, -0.2) is 0 Å². The number of ether oxygens (including phenoxy) is 1. The van der Waals surface area contributed by atoms with Gasteiger partial charge in [0.2, 0.25) is 0 Å². The first-order valence-corrected chi connectivity index (χ1v) is 7.24. The second-order valence-corrected chi connectivity index (χ2v) is 5.92. The van der Waals surface area contributed by atoms with Crippen LogP contribution in [0.1, 0.15) is 61.6 Å². The summed E-state index contributed by atoms with van der Waals surface area (Å²) in [6, 6.07) is 3.19. The van der Waals surface area contributed by atoms with E-state index in [1.54, 1.807) is 0 Å². The first-order chi connectivity index (χ1) is 8.66. The van der Waals surface area contributed by atoms with Gasteiger partial charge in [0.1, 0.15) is 0 Å². The highest BCUT2D eigenvalue weighted by atomic mass is 16.5.